The van der Waals surface area contributed by atoms with Crippen LogP contribution in [-0.2, 0) is 0 Å². The Balaban J connectivity index is 1.14. The average molecular weight is 718 g/mol. The van der Waals surface area contributed by atoms with Crippen LogP contribution in [0.1, 0.15) is 0 Å². The molecule has 0 saturated carbocycles. The second kappa shape index (κ2) is 13.0. The molecule has 0 aliphatic carbocycles. The molecule has 56 heavy (non-hydrogen) atoms. The normalized spacial score (nSPS) is 11.6. The van der Waals surface area contributed by atoms with Gasteiger partial charge in [0.1, 0.15) is 22.3 Å². The second-order valence-corrected chi connectivity index (χ2v) is 14.0. The molecule has 0 atom stereocenters. The van der Waals surface area contributed by atoms with Gasteiger partial charge < -0.3 is 8.83 Å². The zero-order valence-electron chi connectivity index (χ0n) is 30.1. The van der Waals surface area contributed by atoms with Crippen LogP contribution in [0.2, 0.25) is 0 Å². The molecular formula is C51H31N3O2. The lowest BCUT2D eigenvalue weighted by Crippen LogP contribution is -2.01. The van der Waals surface area contributed by atoms with Crippen LogP contribution in [0.25, 0.3) is 111 Å². The first-order chi connectivity index (χ1) is 27.7. The van der Waals surface area contributed by atoms with E-state index >= 15 is 0 Å². The van der Waals surface area contributed by atoms with Crippen LogP contribution in [0.4, 0.5) is 0 Å². The fraction of sp³-hybridized carbons (Fsp3) is 0. The maximum absolute atomic E-state index is 6.35. The van der Waals surface area contributed by atoms with Gasteiger partial charge in [0.2, 0.25) is 0 Å². The fourth-order valence-electron chi connectivity index (χ4n) is 7.79. The monoisotopic (exact) mass is 717 g/mol. The summed E-state index contributed by atoms with van der Waals surface area (Å²) in [5.74, 6) is 1.79. The number of nitrogens with zero attached hydrogens (tertiary/aromatic N) is 3. The molecule has 0 unspecified atom stereocenters. The zero-order chi connectivity index (χ0) is 37.0. The molecular weight excluding hydrogens is 687 g/mol. The van der Waals surface area contributed by atoms with Gasteiger partial charge in [-0.15, -0.1) is 0 Å². The van der Waals surface area contributed by atoms with Gasteiger partial charge in [-0.1, -0.05) is 133 Å². The summed E-state index contributed by atoms with van der Waals surface area (Å²) in [6.07, 6.45) is 0. The summed E-state index contributed by atoms with van der Waals surface area (Å²) in [4.78, 5) is 15.5. The Morgan fingerprint density at radius 1 is 0.250 bits per heavy atom. The van der Waals surface area contributed by atoms with E-state index in [0.29, 0.717) is 17.5 Å². The molecule has 0 amide bonds. The van der Waals surface area contributed by atoms with Crippen LogP contribution < -0.4 is 0 Å². The Bertz CT molecular complexity index is 3120. The van der Waals surface area contributed by atoms with Crippen molar-refractivity contribution >= 4 is 43.9 Å². The van der Waals surface area contributed by atoms with Crippen molar-refractivity contribution in [3.05, 3.63) is 188 Å². The molecule has 0 aliphatic heterocycles. The summed E-state index contributed by atoms with van der Waals surface area (Å²) in [7, 11) is 0. The highest BCUT2D eigenvalue weighted by Crippen LogP contribution is 2.39. The largest absolute Gasteiger partial charge is 0.456 e. The smallest absolute Gasteiger partial charge is 0.164 e. The number of para-hydroxylation sites is 2. The SMILES string of the molecule is c1ccc(-c2nc(-c3cc(-c4ccc5c(c4)oc4ccccc45)cc(-c4ccc5c(c4)oc4ccccc45)c3)nc(-c3ccccc3-c3ccccc3)n2)cc1. The van der Waals surface area contributed by atoms with Crippen molar-refractivity contribution in [3.8, 4) is 67.5 Å². The van der Waals surface area contributed by atoms with Crippen molar-refractivity contribution in [3.63, 3.8) is 0 Å². The van der Waals surface area contributed by atoms with Gasteiger partial charge in [-0.25, -0.2) is 15.0 Å². The number of aromatic nitrogens is 3. The Kier molecular flexibility index (Phi) is 7.42. The summed E-state index contributed by atoms with van der Waals surface area (Å²) in [5, 5.41) is 4.37. The Morgan fingerprint density at radius 3 is 1.27 bits per heavy atom. The maximum Gasteiger partial charge on any atom is 0.164 e. The molecule has 3 aromatic heterocycles. The summed E-state index contributed by atoms with van der Waals surface area (Å²) < 4.78 is 12.7. The second-order valence-electron chi connectivity index (χ2n) is 14.0. The average Bonchev–Trinajstić information content (AvgIpc) is 3.84. The molecule has 5 nitrogen and oxygen atoms in total. The van der Waals surface area contributed by atoms with Crippen LogP contribution in [0, 0.1) is 0 Å². The highest BCUT2D eigenvalue weighted by atomic mass is 16.3. The van der Waals surface area contributed by atoms with Gasteiger partial charge in [-0.3, -0.25) is 0 Å². The molecule has 11 rings (SSSR count). The van der Waals surface area contributed by atoms with Crippen LogP contribution in [-0.4, -0.2) is 15.0 Å². The van der Waals surface area contributed by atoms with E-state index in [1.54, 1.807) is 0 Å². The van der Waals surface area contributed by atoms with E-state index in [4.69, 9.17) is 23.8 Å². The third kappa shape index (κ3) is 5.53. The van der Waals surface area contributed by atoms with E-state index in [9.17, 15) is 0 Å². The lowest BCUT2D eigenvalue weighted by atomic mass is 9.94. The molecule has 11 aromatic rings. The number of hydrogen-bond donors (Lipinski definition) is 0. The van der Waals surface area contributed by atoms with Gasteiger partial charge in [0.05, 0.1) is 0 Å². The summed E-state index contributed by atoms with van der Waals surface area (Å²) in [6.45, 7) is 0. The van der Waals surface area contributed by atoms with Gasteiger partial charge in [0.15, 0.2) is 17.5 Å². The predicted molar refractivity (Wildman–Crippen MR) is 227 cm³/mol. The van der Waals surface area contributed by atoms with Crippen molar-refractivity contribution in [1.29, 1.82) is 0 Å². The number of fused-ring (bicyclic) bond motifs is 6. The molecule has 0 fully saturated rings. The minimum Gasteiger partial charge on any atom is -0.456 e. The van der Waals surface area contributed by atoms with Gasteiger partial charge in [0.25, 0.3) is 0 Å². The van der Waals surface area contributed by atoms with Crippen LogP contribution in [0.3, 0.4) is 0 Å². The highest BCUT2D eigenvalue weighted by Gasteiger charge is 2.18. The lowest BCUT2D eigenvalue weighted by molar-refractivity contribution is 0.668. The Labute approximate surface area is 322 Å². The van der Waals surface area contributed by atoms with Crippen molar-refractivity contribution < 1.29 is 8.83 Å². The van der Waals surface area contributed by atoms with Gasteiger partial charge in [0, 0.05) is 38.2 Å². The number of rotatable bonds is 6. The quantitative estimate of drug-likeness (QED) is 0.171. The first kappa shape index (κ1) is 31.9. The molecule has 8 aromatic carbocycles. The summed E-state index contributed by atoms with van der Waals surface area (Å²) in [5.41, 5.74) is 12.3. The Morgan fingerprint density at radius 2 is 0.679 bits per heavy atom. The third-order valence-electron chi connectivity index (χ3n) is 10.5. The first-order valence-electron chi connectivity index (χ1n) is 18.7. The molecule has 262 valence electrons. The maximum atomic E-state index is 6.35. The minimum absolute atomic E-state index is 0.578. The van der Waals surface area contributed by atoms with Crippen LogP contribution in [0.15, 0.2) is 197 Å². The third-order valence-corrected chi connectivity index (χ3v) is 10.5. The zero-order valence-corrected chi connectivity index (χ0v) is 30.1. The van der Waals surface area contributed by atoms with E-state index in [0.717, 1.165) is 93.9 Å². The number of furan rings is 2. The van der Waals surface area contributed by atoms with Crippen molar-refractivity contribution in [2.45, 2.75) is 0 Å². The number of benzene rings is 8. The number of hydrogen-bond acceptors (Lipinski definition) is 5. The topological polar surface area (TPSA) is 65.0 Å². The minimum atomic E-state index is 0.578. The van der Waals surface area contributed by atoms with Crippen molar-refractivity contribution in [2.24, 2.45) is 0 Å². The Hall–Kier alpha value is -7.63. The van der Waals surface area contributed by atoms with Crippen LogP contribution in [0.5, 0.6) is 0 Å². The van der Waals surface area contributed by atoms with E-state index in [1.807, 2.05) is 78.9 Å². The van der Waals surface area contributed by atoms with Crippen molar-refractivity contribution in [1.82, 2.24) is 15.0 Å². The highest BCUT2D eigenvalue weighted by molar-refractivity contribution is 6.07. The molecule has 0 N–H and O–H groups in total. The van der Waals surface area contributed by atoms with E-state index < -0.39 is 0 Å². The summed E-state index contributed by atoms with van der Waals surface area (Å²) >= 11 is 0. The van der Waals surface area contributed by atoms with Gasteiger partial charge in [-0.05, 0) is 88.0 Å². The first-order valence-corrected chi connectivity index (χ1v) is 18.7. The van der Waals surface area contributed by atoms with E-state index in [-0.39, 0.29) is 0 Å². The molecule has 0 saturated heterocycles. The molecule has 0 spiro atoms. The molecule has 5 heteroatoms. The predicted octanol–water partition coefficient (Wildman–Crippen LogP) is 13.7. The fourth-order valence-corrected chi connectivity index (χ4v) is 7.79. The van der Waals surface area contributed by atoms with E-state index in [1.165, 1.54) is 0 Å². The summed E-state index contributed by atoms with van der Waals surface area (Å²) in [6, 6.07) is 64.6. The van der Waals surface area contributed by atoms with Crippen LogP contribution >= 0.6 is 0 Å². The molecule has 3 heterocycles. The van der Waals surface area contributed by atoms with Gasteiger partial charge in [-0.2, -0.15) is 0 Å². The molecule has 0 bridgehead atoms. The molecule has 0 radical (unpaired) electrons. The lowest BCUT2D eigenvalue weighted by Gasteiger charge is -2.14. The van der Waals surface area contributed by atoms with Crippen molar-refractivity contribution in [2.75, 3.05) is 0 Å². The van der Waals surface area contributed by atoms with E-state index in [2.05, 4.69) is 109 Å². The standard InChI is InChI=1S/C51H31N3O2/c1-3-13-32(14-4-1)39-17-7-8-20-44(39)51-53-49(33-15-5-2-6-16-33)52-50(54-51)38-28-36(34-23-25-42-40-18-9-11-21-45(40)55-47(42)30-34)27-37(29-38)35-24-26-43-41-19-10-12-22-46(41)56-48(43)31-35/h1-31H. The van der Waals surface area contributed by atoms with Gasteiger partial charge >= 0.3 is 0 Å². The molecule has 0 aliphatic rings.